The van der Waals surface area contributed by atoms with Crippen LogP contribution in [-0.2, 0) is 11.3 Å². The van der Waals surface area contributed by atoms with E-state index in [-0.39, 0.29) is 18.2 Å². The van der Waals surface area contributed by atoms with Gasteiger partial charge >= 0.3 is 0 Å². The van der Waals surface area contributed by atoms with Crippen LogP contribution in [0, 0.1) is 0 Å². The predicted octanol–water partition coefficient (Wildman–Crippen LogP) is 4.60. The Kier molecular flexibility index (Phi) is 5.15. The molecule has 6 heteroatoms. The number of nitrogens with zero attached hydrogens (tertiary/aromatic N) is 1. The number of ether oxygens (including phenoxy) is 2. The van der Waals surface area contributed by atoms with Gasteiger partial charge in [-0.1, -0.05) is 24.3 Å². The van der Waals surface area contributed by atoms with Crippen molar-refractivity contribution in [2.45, 2.75) is 31.7 Å². The standard InChI is InChI=1S/C24H24N2O4/c27-24-21-7-1-2-8-22(21)25-23(26(24)15-19-5-3-13-28-19)17-9-11-18(12-10-17)30-16-20-6-4-14-29-20/h1-3,5,7-13,20,23,25H,4,6,14-16H2. The molecule has 1 amide bonds. The van der Waals surface area contributed by atoms with Gasteiger partial charge in [0.15, 0.2) is 0 Å². The second kappa shape index (κ2) is 8.24. The molecule has 0 saturated carbocycles. The number of benzene rings is 2. The summed E-state index contributed by atoms with van der Waals surface area (Å²) in [6.07, 6.45) is 3.65. The summed E-state index contributed by atoms with van der Waals surface area (Å²) in [5, 5.41) is 3.51. The van der Waals surface area contributed by atoms with Gasteiger partial charge in [0.05, 0.1) is 24.5 Å². The van der Waals surface area contributed by atoms with Crippen molar-refractivity contribution in [1.82, 2.24) is 4.90 Å². The molecule has 30 heavy (non-hydrogen) atoms. The molecular weight excluding hydrogens is 380 g/mol. The highest BCUT2D eigenvalue weighted by atomic mass is 16.5. The average Bonchev–Trinajstić information content (AvgIpc) is 3.49. The van der Waals surface area contributed by atoms with E-state index in [1.807, 2.05) is 60.7 Å². The van der Waals surface area contributed by atoms with Crippen molar-refractivity contribution in [2.75, 3.05) is 18.5 Å². The second-order valence-electron chi connectivity index (χ2n) is 7.62. The summed E-state index contributed by atoms with van der Waals surface area (Å²) in [5.41, 5.74) is 2.48. The van der Waals surface area contributed by atoms with Gasteiger partial charge in [-0.3, -0.25) is 4.79 Å². The molecule has 1 fully saturated rings. The first kappa shape index (κ1) is 18.8. The number of amides is 1. The van der Waals surface area contributed by atoms with Crippen LogP contribution in [0.5, 0.6) is 5.75 Å². The normalized spacial score (nSPS) is 20.7. The molecule has 154 valence electrons. The molecule has 0 bridgehead atoms. The van der Waals surface area contributed by atoms with Gasteiger partial charge in [0.2, 0.25) is 0 Å². The van der Waals surface area contributed by atoms with E-state index in [1.165, 1.54) is 0 Å². The van der Waals surface area contributed by atoms with Crippen LogP contribution in [0.15, 0.2) is 71.3 Å². The summed E-state index contributed by atoms with van der Waals surface area (Å²) in [6, 6.07) is 19.2. The number of furan rings is 1. The molecular formula is C24H24N2O4. The molecule has 1 aromatic heterocycles. The first-order valence-electron chi connectivity index (χ1n) is 10.3. The minimum absolute atomic E-state index is 0.0236. The van der Waals surface area contributed by atoms with E-state index < -0.39 is 0 Å². The van der Waals surface area contributed by atoms with Crippen molar-refractivity contribution in [1.29, 1.82) is 0 Å². The molecule has 1 N–H and O–H groups in total. The Morgan fingerprint density at radius 3 is 2.70 bits per heavy atom. The topological polar surface area (TPSA) is 63.9 Å². The molecule has 0 radical (unpaired) electrons. The number of fused-ring (bicyclic) bond motifs is 1. The van der Waals surface area contributed by atoms with Crippen LogP contribution < -0.4 is 10.1 Å². The molecule has 5 rings (SSSR count). The van der Waals surface area contributed by atoms with Crippen molar-refractivity contribution >= 4 is 11.6 Å². The summed E-state index contributed by atoms with van der Waals surface area (Å²) in [6.45, 7) is 1.77. The summed E-state index contributed by atoms with van der Waals surface area (Å²) in [7, 11) is 0. The van der Waals surface area contributed by atoms with Gasteiger partial charge in [0.25, 0.3) is 5.91 Å². The minimum atomic E-state index is -0.301. The van der Waals surface area contributed by atoms with Gasteiger partial charge in [-0.15, -0.1) is 0 Å². The molecule has 0 spiro atoms. The van der Waals surface area contributed by atoms with Crippen LogP contribution in [0.25, 0.3) is 0 Å². The van der Waals surface area contributed by atoms with Crippen LogP contribution in [0.1, 0.15) is 40.7 Å². The Morgan fingerprint density at radius 1 is 1.07 bits per heavy atom. The number of carbonyl (C=O) groups excluding carboxylic acids is 1. The van der Waals surface area contributed by atoms with Gasteiger partial charge in [-0.05, 0) is 54.8 Å². The van der Waals surface area contributed by atoms with Crippen molar-refractivity contribution in [2.24, 2.45) is 0 Å². The number of hydrogen-bond acceptors (Lipinski definition) is 5. The maximum absolute atomic E-state index is 13.2. The average molecular weight is 404 g/mol. The lowest BCUT2D eigenvalue weighted by Crippen LogP contribution is -2.42. The van der Waals surface area contributed by atoms with Gasteiger partial charge in [-0.25, -0.2) is 0 Å². The Labute approximate surface area is 175 Å². The molecule has 0 aliphatic carbocycles. The van der Waals surface area contributed by atoms with Crippen molar-refractivity contribution in [3.05, 3.63) is 83.8 Å². The Balaban J connectivity index is 1.38. The highest BCUT2D eigenvalue weighted by molar-refractivity contribution is 6.01. The number of hydrogen-bond donors (Lipinski definition) is 1. The lowest BCUT2D eigenvalue weighted by molar-refractivity contribution is 0.0649. The third-order valence-corrected chi connectivity index (χ3v) is 5.58. The number of para-hydroxylation sites is 1. The summed E-state index contributed by atoms with van der Waals surface area (Å²) < 4.78 is 17.0. The van der Waals surface area contributed by atoms with E-state index in [0.717, 1.165) is 42.2 Å². The van der Waals surface area contributed by atoms with Crippen LogP contribution in [0.3, 0.4) is 0 Å². The fourth-order valence-corrected chi connectivity index (χ4v) is 4.00. The number of nitrogens with one attached hydrogen (secondary N) is 1. The molecule has 2 aliphatic rings. The third kappa shape index (κ3) is 3.78. The largest absolute Gasteiger partial charge is 0.491 e. The maximum atomic E-state index is 13.2. The maximum Gasteiger partial charge on any atom is 0.258 e. The number of rotatable bonds is 6. The van der Waals surface area contributed by atoms with Crippen LogP contribution in [-0.4, -0.2) is 30.1 Å². The Bertz CT molecular complexity index is 994. The van der Waals surface area contributed by atoms with E-state index in [2.05, 4.69) is 5.32 Å². The van der Waals surface area contributed by atoms with Gasteiger partial charge in [-0.2, -0.15) is 0 Å². The third-order valence-electron chi connectivity index (χ3n) is 5.58. The summed E-state index contributed by atoms with van der Waals surface area (Å²) in [4.78, 5) is 15.0. The van der Waals surface area contributed by atoms with Crippen LogP contribution >= 0.6 is 0 Å². The lowest BCUT2D eigenvalue weighted by atomic mass is 10.0. The van der Waals surface area contributed by atoms with Crippen LogP contribution in [0.2, 0.25) is 0 Å². The fraction of sp³-hybridized carbons (Fsp3) is 0.292. The first-order valence-corrected chi connectivity index (χ1v) is 10.3. The predicted molar refractivity (Wildman–Crippen MR) is 112 cm³/mol. The highest BCUT2D eigenvalue weighted by Gasteiger charge is 2.33. The molecule has 2 atom stereocenters. The number of anilines is 1. The molecule has 2 aromatic carbocycles. The summed E-state index contributed by atoms with van der Waals surface area (Å²) >= 11 is 0. The van der Waals surface area contributed by atoms with Crippen molar-refractivity contribution < 1.29 is 18.7 Å². The zero-order valence-corrected chi connectivity index (χ0v) is 16.6. The Hall–Kier alpha value is -3.25. The summed E-state index contributed by atoms with van der Waals surface area (Å²) in [5.74, 6) is 1.52. The molecule has 3 heterocycles. The molecule has 2 aliphatic heterocycles. The monoisotopic (exact) mass is 404 g/mol. The fourth-order valence-electron chi connectivity index (χ4n) is 4.00. The smallest absolute Gasteiger partial charge is 0.258 e. The Morgan fingerprint density at radius 2 is 1.93 bits per heavy atom. The van der Waals surface area contributed by atoms with Crippen molar-refractivity contribution in [3.8, 4) is 5.75 Å². The van der Waals surface area contributed by atoms with Crippen LogP contribution in [0.4, 0.5) is 5.69 Å². The van der Waals surface area contributed by atoms with E-state index in [0.29, 0.717) is 18.7 Å². The molecule has 1 saturated heterocycles. The van der Waals surface area contributed by atoms with E-state index >= 15 is 0 Å². The number of carbonyl (C=O) groups is 1. The highest BCUT2D eigenvalue weighted by Crippen LogP contribution is 2.34. The minimum Gasteiger partial charge on any atom is -0.491 e. The van der Waals surface area contributed by atoms with E-state index in [4.69, 9.17) is 13.9 Å². The molecule has 6 nitrogen and oxygen atoms in total. The quantitative estimate of drug-likeness (QED) is 0.650. The zero-order chi connectivity index (χ0) is 20.3. The van der Waals surface area contributed by atoms with Crippen molar-refractivity contribution in [3.63, 3.8) is 0 Å². The molecule has 3 aromatic rings. The van der Waals surface area contributed by atoms with Gasteiger partial charge in [0.1, 0.15) is 24.3 Å². The van der Waals surface area contributed by atoms with Gasteiger partial charge < -0.3 is 24.1 Å². The van der Waals surface area contributed by atoms with E-state index in [1.54, 1.807) is 11.2 Å². The van der Waals surface area contributed by atoms with E-state index in [9.17, 15) is 4.79 Å². The first-order chi connectivity index (χ1) is 14.8. The zero-order valence-electron chi connectivity index (χ0n) is 16.6. The SMILES string of the molecule is O=C1c2ccccc2NC(c2ccc(OCC3CCCO3)cc2)N1Cc1ccco1. The van der Waals surface area contributed by atoms with Gasteiger partial charge in [0, 0.05) is 12.3 Å². The second-order valence-corrected chi connectivity index (χ2v) is 7.62. The molecule has 2 unspecified atom stereocenters. The lowest BCUT2D eigenvalue weighted by Gasteiger charge is -2.37.